The molecule has 0 saturated carbocycles. The van der Waals surface area contributed by atoms with Gasteiger partial charge in [-0.1, -0.05) is 37.3 Å². The number of carbonyl (C=O) groups is 1. The largest absolute Gasteiger partial charge is 0.463 e. The lowest BCUT2D eigenvalue weighted by molar-refractivity contribution is -0.137. The molecule has 0 atom stereocenters. The zero-order valence-corrected chi connectivity index (χ0v) is 15.9. The van der Waals surface area contributed by atoms with Gasteiger partial charge in [-0.3, -0.25) is 0 Å². The Bertz CT molecular complexity index is 968. The molecule has 0 N–H and O–H groups in total. The monoisotopic (exact) mass is 365 g/mol. The van der Waals surface area contributed by atoms with E-state index in [1.165, 1.54) is 18.2 Å². The van der Waals surface area contributed by atoms with Crippen LogP contribution in [0.5, 0.6) is 0 Å². The molecule has 3 nitrogen and oxygen atoms in total. The van der Waals surface area contributed by atoms with E-state index in [2.05, 4.69) is 30.5 Å². The van der Waals surface area contributed by atoms with Crippen molar-refractivity contribution in [3.05, 3.63) is 66.1 Å². The molecular formula is C23H24FNO2. The van der Waals surface area contributed by atoms with E-state index in [4.69, 9.17) is 4.74 Å². The maximum Gasteiger partial charge on any atom is 0.330 e. The zero-order valence-electron chi connectivity index (χ0n) is 15.9. The number of halogens is 1. The standard InChI is InChI=1S/C23H24FNO2/c1-4-15-27-22(26)14-13-21-23(17-9-11-18(24)12-10-17)19-7-5-6-8-20(19)25(21)16(2)3/h5-14,16H,4,15H2,1-3H3/b14-13+. The lowest BCUT2D eigenvalue weighted by Gasteiger charge is -2.13. The van der Waals surface area contributed by atoms with Gasteiger partial charge in [-0.15, -0.1) is 0 Å². The molecular weight excluding hydrogens is 341 g/mol. The highest BCUT2D eigenvalue weighted by Crippen LogP contribution is 2.37. The van der Waals surface area contributed by atoms with E-state index in [9.17, 15) is 9.18 Å². The van der Waals surface area contributed by atoms with Gasteiger partial charge in [0.15, 0.2) is 0 Å². The molecule has 0 radical (unpaired) electrons. The number of ether oxygens (including phenoxy) is 1. The van der Waals surface area contributed by atoms with Crippen molar-refractivity contribution >= 4 is 22.9 Å². The Balaban J connectivity index is 2.21. The summed E-state index contributed by atoms with van der Waals surface area (Å²) in [7, 11) is 0. The molecule has 1 aromatic heterocycles. The molecule has 0 amide bonds. The topological polar surface area (TPSA) is 31.2 Å². The first kappa shape index (κ1) is 18.9. The molecule has 0 spiro atoms. The summed E-state index contributed by atoms with van der Waals surface area (Å²) in [6, 6.07) is 14.8. The fraction of sp³-hybridized carbons (Fsp3) is 0.261. The van der Waals surface area contributed by atoms with Crippen molar-refractivity contribution in [1.29, 1.82) is 0 Å². The van der Waals surface area contributed by atoms with Crippen molar-refractivity contribution in [1.82, 2.24) is 4.57 Å². The van der Waals surface area contributed by atoms with Gasteiger partial charge in [0.1, 0.15) is 5.82 Å². The number of rotatable bonds is 6. The van der Waals surface area contributed by atoms with E-state index in [-0.39, 0.29) is 17.8 Å². The molecule has 0 aliphatic carbocycles. The van der Waals surface area contributed by atoms with Gasteiger partial charge in [0.05, 0.1) is 12.3 Å². The molecule has 1 heterocycles. The predicted octanol–water partition coefficient (Wildman–Crippen LogP) is 5.99. The Morgan fingerprint density at radius 1 is 1.15 bits per heavy atom. The number of fused-ring (bicyclic) bond motifs is 1. The highest BCUT2D eigenvalue weighted by Gasteiger charge is 2.18. The van der Waals surface area contributed by atoms with Gasteiger partial charge in [-0.25, -0.2) is 9.18 Å². The van der Waals surface area contributed by atoms with Gasteiger partial charge in [0.2, 0.25) is 0 Å². The summed E-state index contributed by atoms with van der Waals surface area (Å²) in [4.78, 5) is 12.0. The van der Waals surface area contributed by atoms with Crippen LogP contribution in [0.25, 0.3) is 28.1 Å². The van der Waals surface area contributed by atoms with Gasteiger partial charge in [-0.2, -0.15) is 0 Å². The fourth-order valence-electron chi connectivity index (χ4n) is 3.32. The summed E-state index contributed by atoms with van der Waals surface area (Å²) in [5, 5.41) is 1.07. The van der Waals surface area contributed by atoms with Crippen LogP contribution in [-0.4, -0.2) is 17.1 Å². The maximum atomic E-state index is 13.4. The number of nitrogens with zero attached hydrogens (tertiary/aromatic N) is 1. The van der Waals surface area contributed by atoms with Gasteiger partial charge in [0, 0.05) is 28.6 Å². The molecule has 2 aromatic carbocycles. The number of hydrogen-bond acceptors (Lipinski definition) is 2. The quantitative estimate of drug-likeness (QED) is 0.396. The molecule has 0 bridgehead atoms. The van der Waals surface area contributed by atoms with Crippen LogP contribution in [0.1, 0.15) is 38.9 Å². The molecule has 0 aliphatic heterocycles. The molecule has 0 aliphatic rings. The summed E-state index contributed by atoms with van der Waals surface area (Å²) < 4.78 is 20.8. The van der Waals surface area contributed by atoms with Crippen molar-refractivity contribution in [2.45, 2.75) is 33.2 Å². The minimum absolute atomic E-state index is 0.190. The van der Waals surface area contributed by atoms with Gasteiger partial charge in [-0.05, 0) is 50.1 Å². The molecule has 140 valence electrons. The number of benzene rings is 2. The average Bonchev–Trinajstić information content (AvgIpc) is 2.99. The second kappa shape index (κ2) is 8.21. The number of hydrogen-bond donors (Lipinski definition) is 0. The average molecular weight is 365 g/mol. The van der Waals surface area contributed by atoms with E-state index >= 15 is 0 Å². The van der Waals surface area contributed by atoms with Crippen LogP contribution in [-0.2, 0) is 9.53 Å². The van der Waals surface area contributed by atoms with E-state index in [0.29, 0.717) is 6.61 Å². The third-order valence-corrected chi connectivity index (χ3v) is 4.42. The Hall–Kier alpha value is -2.88. The highest BCUT2D eigenvalue weighted by atomic mass is 19.1. The summed E-state index contributed by atoms with van der Waals surface area (Å²) >= 11 is 0. The van der Waals surface area contributed by atoms with Crippen LogP contribution in [0.15, 0.2) is 54.6 Å². The summed E-state index contributed by atoms with van der Waals surface area (Å²) in [5.41, 5.74) is 3.88. The number of para-hydroxylation sites is 1. The lowest BCUT2D eigenvalue weighted by Crippen LogP contribution is -2.04. The van der Waals surface area contributed by atoms with E-state index < -0.39 is 0 Å². The molecule has 27 heavy (non-hydrogen) atoms. The van der Waals surface area contributed by atoms with E-state index in [0.717, 1.165) is 34.1 Å². The van der Waals surface area contributed by atoms with Gasteiger partial charge in [0.25, 0.3) is 0 Å². The van der Waals surface area contributed by atoms with Crippen LogP contribution in [0.4, 0.5) is 4.39 Å². The Kier molecular flexibility index (Phi) is 5.75. The minimum atomic E-state index is -0.359. The lowest BCUT2D eigenvalue weighted by atomic mass is 10.0. The van der Waals surface area contributed by atoms with Crippen LogP contribution in [0.3, 0.4) is 0 Å². The van der Waals surface area contributed by atoms with Crippen molar-refractivity contribution in [3.63, 3.8) is 0 Å². The number of esters is 1. The molecule has 4 heteroatoms. The third kappa shape index (κ3) is 3.95. The van der Waals surface area contributed by atoms with Crippen molar-refractivity contribution < 1.29 is 13.9 Å². The van der Waals surface area contributed by atoms with Crippen molar-refractivity contribution in [2.75, 3.05) is 6.61 Å². The number of aromatic nitrogens is 1. The first-order valence-electron chi connectivity index (χ1n) is 9.26. The van der Waals surface area contributed by atoms with E-state index in [1.54, 1.807) is 18.2 Å². The fourth-order valence-corrected chi connectivity index (χ4v) is 3.32. The van der Waals surface area contributed by atoms with Crippen LogP contribution in [0, 0.1) is 5.82 Å². The molecule has 0 unspecified atom stereocenters. The normalized spacial score (nSPS) is 11.6. The van der Waals surface area contributed by atoms with Crippen LogP contribution >= 0.6 is 0 Å². The maximum absolute atomic E-state index is 13.4. The molecule has 0 fully saturated rings. The predicted molar refractivity (Wildman–Crippen MR) is 108 cm³/mol. The highest BCUT2D eigenvalue weighted by molar-refractivity contribution is 6.02. The second-order valence-electron chi connectivity index (χ2n) is 6.75. The van der Waals surface area contributed by atoms with Crippen LogP contribution < -0.4 is 0 Å². The smallest absolute Gasteiger partial charge is 0.330 e. The minimum Gasteiger partial charge on any atom is -0.463 e. The van der Waals surface area contributed by atoms with E-state index in [1.807, 2.05) is 19.1 Å². The first-order chi connectivity index (χ1) is 13.0. The third-order valence-electron chi connectivity index (χ3n) is 4.42. The first-order valence-corrected chi connectivity index (χ1v) is 9.26. The Labute approximate surface area is 159 Å². The SMILES string of the molecule is CCCOC(=O)/C=C/c1c(-c2ccc(F)cc2)c2ccccc2n1C(C)C. The van der Waals surface area contributed by atoms with Gasteiger partial charge >= 0.3 is 5.97 Å². The number of carbonyl (C=O) groups excluding carboxylic acids is 1. The summed E-state index contributed by atoms with van der Waals surface area (Å²) in [5.74, 6) is -0.631. The van der Waals surface area contributed by atoms with Crippen LogP contribution in [0.2, 0.25) is 0 Å². The van der Waals surface area contributed by atoms with Gasteiger partial charge < -0.3 is 9.30 Å². The Morgan fingerprint density at radius 3 is 2.52 bits per heavy atom. The summed E-state index contributed by atoms with van der Waals surface area (Å²) in [6.07, 6.45) is 4.05. The molecule has 3 rings (SSSR count). The summed E-state index contributed by atoms with van der Waals surface area (Å²) in [6.45, 7) is 6.57. The van der Waals surface area contributed by atoms with Crippen molar-refractivity contribution in [3.8, 4) is 11.1 Å². The second-order valence-corrected chi connectivity index (χ2v) is 6.75. The molecule has 3 aromatic rings. The zero-order chi connectivity index (χ0) is 19.4. The van der Waals surface area contributed by atoms with Crippen molar-refractivity contribution in [2.24, 2.45) is 0 Å². The molecule has 0 saturated heterocycles. The Morgan fingerprint density at radius 2 is 1.85 bits per heavy atom.